The highest BCUT2D eigenvalue weighted by Crippen LogP contribution is 2.33. The van der Waals surface area contributed by atoms with Crippen LogP contribution in [0.4, 0.5) is 0 Å². The summed E-state index contributed by atoms with van der Waals surface area (Å²) in [4.78, 5) is 22.6. The van der Waals surface area contributed by atoms with Crippen LogP contribution < -0.4 is 0 Å². The SMILES string of the molecule is Cc1cc(C(=O)N2CCO[C@@H](CN(C)C)[C@@H]2c2cnn(C)c2)c2cccc(C)c2n1. The minimum absolute atomic E-state index is 0.0111. The normalized spacial score (nSPS) is 19.6. The number of carbonyl (C=O) groups is 1. The molecule has 0 bridgehead atoms. The number of hydrogen-bond donors (Lipinski definition) is 0. The van der Waals surface area contributed by atoms with Crippen LogP contribution >= 0.6 is 0 Å². The summed E-state index contributed by atoms with van der Waals surface area (Å²) in [6.45, 7) is 5.75. The van der Waals surface area contributed by atoms with Gasteiger partial charge < -0.3 is 14.5 Å². The maximum absolute atomic E-state index is 13.9. The van der Waals surface area contributed by atoms with Gasteiger partial charge >= 0.3 is 0 Å². The van der Waals surface area contributed by atoms with E-state index < -0.39 is 0 Å². The molecule has 1 saturated heterocycles. The van der Waals surface area contributed by atoms with Crippen LogP contribution in [0.5, 0.6) is 0 Å². The van der Waals surface area contributed by atoms with Gasteiger partial charge in [0.05, 0.1) is 36.0 Å². The van der Waals surface area contributed by atoms with E-state index in [1.165, 1.54) is 0 Å². The molecule has 1 aliphatic rings. The number of benzene rings is 1. The lowest BCUT2D eigenvalue weighted by Gasteiger charge is -2.42. The number of carbonyl (C=O) groups excluding carboxylic acids is 1. The van der Waals surface area contributed by atoms with Crippen molar-refractivity contribution in [3.05, 3.63) is 59.0 Å². The zero-order valence-corrected chi connectivity index (χ0v) is 18.3. The summed E-state index contributed by atoms with van der Waals surface area (Å²) in [6, 6.07) is 7.71. The first-order chi connectivity index (χ1) is 14.3. The Hall–Kier alpha value is -2.77. The topological polar surface area (TPSA) is 63.5 Å². The van der Waals surface area contributed by atoms with Crippen LogP contribution in [0.2, 0.25) is 0 Å². The molecule has 2 atom stereocenters. The van der Waals surface area contributed by atoms with Gasteiger partial charge in [0.2, 0.25) is 0 Å². The molecule has 1 aromatic carbocycles. The molecule has 30 heavy (non-hydrogen) atoms. The van der Waals surface area contributed by atoms with Crippen LogP contribution in [-0.4, -0.2) is 70.4 Å². The van der Waals surface area contributed by atoms with Gasteiger partial charge in [-0.1, -0.05) is 18.2 Å². The molecule has 0 unspecified atom stereocenters. The number of nitrogens with zero attached hydrogens (tertiary/aromatic N) is 5. The Morgan fingerprint density at radius 2 is 2.10 bits per heavy atom. The quantitative estimate of drug-likeness (QED) is 0.665. The standard InChI is InChI=1S/C23H29N5O2/c1-15-7-6-8-18-19(11-16(2)25-21(15)18)23(29)28-9-10-30-20(14-26(3)4)22(28)17-12-24-27(5)13-17/h6-8,11-13,20,22H,9-10,14H2,1-5H3/t20-,22-/m0/s1. The Kier molecular flexibility index (Phi) is 5.58. The van der Waals surface area contributed by atoms with Gasteiger partial charge in [-0.25, -0.2) is 0 Å². The van der Waals surface area contributed by atoms with Gasteiger partial charge in [-0.15, -0.1) is 0 Å². The lowest BCUT2D eigenvalue weighted by Crippen LogP contribution is -2.51. The fraction of sp³-hybridized carbons (Fsp3) is 0.435. The van der Waals surface area contributed by atoms with Crippen LogP contribution in [0.3, 0.4) is 0 Å². The van der Waals surface area contributed by atoms with E-state index in [9.17, 15) is 4.79 Å². The second-order valence-corrected chi connectivity index (χ2v) is 8.34. The van der Waals surface area contributed by atoms with E-state index in [2.05, 4.69) is 15.0 Å². The molecule has 158 valence electrons. The van der Waals surface area contributed by atoms with Gasteiger partial charge in [-0.3, -0.25) is 14.5 Å². The van der Waals surface area contributed by atoms with Crippen molar-refractivity contribution in [2.45, 2.75) is 26.0 Å². The molecule has 0 saturated carbocycles. The van der Waals surface area contributed by atoms with E-state index >= 15 is 0 Å². The second kappa shape index (κ2) is 8.16. The van der Waals surface area contributed by atoms with Crippen molar-refractivity contribution in [1.29, 1.82) is 0 Å². The maximum atomic E-state index is 13.9. The van der Waals surface area contributed by atoms with Crippen molar-refractivity contribution in [3.8, 4) is 0 Å². The number of morpholine rings is 1. The molecular weight excluding hydrogens is 378 g/mol. The number of fused-ring (bicyclic) bond motifs is 1. The molecular formula is C23H29N5O2. The van der Waals surface area contributed by atoms with E-state index in [-0.39, 0.29) is 18.1 Å². The average molecular weight is 408 g/mol. The highest BCUT2D eigenvalue weighted by Gasteiger charge is 2.38. The summed E-state index contributed by atoms with van der Waals surface area (Å²) in [5, 5.41) is 5.24. The predicted molar refractivity (Wildman–Crippen MR) is 116 cm³/mol. The van der Waals surface area contributed by atoms with Crippen molar-refractivity contribution in [2.24, 2.45) is 7.05 Å². The summed E-state index contributed by atoms with van der Waals surface area (Å²) in [6.07, 6.45) is 3.68. The number of rotatable bonds is 4. The van der Waals surface area contributed by atoms with E-state index in [0.29, 0.717) is 18.7 Å². The number of likely N-dealkylation sites (N-methyl/N-ethyl adjacent to an activating group) is 1. The molecule has 3 aromatic rings. The number of aromatic nitrogens is 3. The molecule has 1 fully saturated rings. The molecule has 0 spiro atoms. The molecule has 3 heterocycles. The third-order valence-corrected chi connectivity index (χ3v) is 5.62. The minimum atomic E-state index is -0.198. The number of ether oxygens (including phenoxy) is 1. The van der Waals surface area contributed by atoms with Crippen LogP contribution in [0, 0.1) is 13.8 Å². The van der Waals surface area contributed by atoms with Crippen LogP contribution in [0.25, 0.3) is 10.9 Å². The third-order valence-electron chi connectivity index (χ3n) is 5.62. The van der Waals surface area contributed by atoms with E-state index in [4.69, 9.17) is 4.74 Å². The van der Waals surface area contributed by atoms with Gasteiger partial charge in [0.1, 0.15) is 0 Å². The Balaban J connectivity index is 1.80. The molecule has 7 nitrogen and oxygen atoms in total. The highest BCUT2D eigenvalue weighted by atomic mass is 16.5. The minimum Gasteiger partial charge on any atom is -0.373 e. The van der Waals surface area contributed by atoms with Crippen molar-refractivity contribution in [3.63, 3.8) is 0 Å². The summed E-state index contributed by atoms with van der Waals surface area (Å²) in [5.74, 6) is 0.0111. The van der Waals surface area contributed by atoms with Gasteiger partial charge in [0.15, 0.2) is 0 Å². The smallest absolute Gasteiger partial charge is 0.255 e. The van der Waals surface area contributed by atoms with Crippen molar-refractivity contribution in [2.75, 3.05) is 33.8 Å². The largest absolute Gasteiger partial charge is 0.373 e. The lowest BCUT2D eigenvalue weighted by atomic mass is 9.97. The first kappa shape index (κ1) is 20.5. The Bertz CT molecular complexity index is 1070. The van der Waals surface area contributed by atoms with Gasteiger partial charge in [-0.05, 0) is 39.6 Å². The highest BCUT2D eigenvalue weighted by molar-refractivity contribution is 6.07. The first-order valence-corrected chi connectivity index (χ1v) is 10.3. The molecule has 4 rings (SSSR count). The molecule has 2 aromatic heterocycles. The van der Waals surface area contributed by atoms with Crippen LogP contribution in [-0.2, 0) is 11.8 Å². The summed E-state index contributed by atoms with van der Waals surface area (Å²) < 4.78 is 7.90. The Labute approximate surface area is 177 Å². The van der Waals surface area contributed by atoms with E-state index in [0.717, 1.165) is 34.3 Å². The first-order valence-electron chi connectivity index (χ1n) is 10.3. The zero-order valence-electron chi connectivity index (χ0n) is 18.3. The molecule has 0 radical (unpaired) electrons. The molecule has 7 heteroatoms. The van der Waals surface area contributed by atoms with Crippen molar-refractivity contribution >= 4 is 16.8 Å². The Morgan fingerprint density at radius 3 is 2.80 bits per heavy atom. The van der Waals surface area contributed by atoms with Gasteiger partial charge in [0, 0.05) is 43.0 Å². The summed E-state index contributed by atoms with van der Waals surface area (Å²) in [7, 11) is 5.93. The second-order valence-electron chi connectivity index (χ2n) is 8.34. The third kappa shape index (κ3) is 3.82. The molecule has 1 amide bonds. The van der Waals surface area contributed by atoms with Crippen LogP contribution in [0.1, 0.15) is 33.2 Å². The zero-order chi connectivity index (χ0) is 21.4. The lowest BCUT2D eigenvalue weighted by molar-refractivity contribution is -0.0684. The fourth-order valence-corrected chi connectivity index (χ4v) is 4.31. The number of pyridine rings is 1. The molecule has 1 aliphatic heterocycles. The summed E-state index contributed by atoms with van der Waals surface area (Å²) >= 11 is 0. The van der Waals surface area contributed by atoms with Crippen molar-refractivity contribution < 1.29 is 9.53 Å². The van der Waals surface area contributed by atoms with Crippen LogP contribution in [0.15, 0.2) is 36.7 Å². The summed E-state index contributed by atoms with van der Waals surface area (Å²) in [5.41, 5.74) is 4.49. The van der Waals surface area contributed by atoms with Gasteiger partial charge in [-0.2, -0.15) is 5.10 Å². The monoisotopic (exact) mass is 407 g/mol. The van der Waals surface area contributed by atoms with E-state index in [1.807, 2.05) is 76.5 Å². The maximum Gasteiger partial charge on any atom is 0.255 e. The van der Waals surface area contributed by atoms with Crippen molar-refractivity contribution in [1.82, 2.24) is 24.6 Å². The Morgan fingerprint density at radius 1 is 1.30 bits per heavy atom. The molecule has 0 N–H and O–H groups in total. The predicted octanol–water partition coefficient (Wildman–Crippen LogP) is 2.73. The fourth-order valence-electron chi connectivity index (χ4n) is 4.31. The molecule has 0 aliphatic carbocycles. The van der Waals surface area contributed by atoms with Gasteiger partial charge in [0.25, 0.3) is 5.91 Å². The number of hydrogen-bond acceptors (Lipinski definition) is 5. The van der Waals surface area contributed by atoms with E-state index in [1.54, 1.807) is 4.68 Å². The average Bonchev–Trinajstić information content (AvgIpc) is 3.13. The number of amides is 1. The number of aryl methyl sites for hydroxylation is 3. The number of para-hydroxylation sites is 1.